The number of anilines is 1. The minimum absolute atomic E-state index is 0.109. The molecule has 0 saturated heterocycles. The molecule has 0 aromatic heterocycles. The largest absolute Gasteiger partial charge is 0.389 e. The molecule has 1 aromatic carbocycles. The Labute approximate surface area is 107 Å². The van der Waals surface area contributed by atoms with E-state index in [1.165, 1.54) is 31.7 Å². The van der Waals surface area contributed by atoms with E-state index in [9.17, 15) is 4.39 Å². The number of thiocarbonyl (C=S) groups is 1. The van der Waals surface area contributed by atoms with Crippen LogP contribution >= 0.6 is 12.2 Å². The molecule has 0 unspecified atom stereocenters. The highest BCUT2D eigenvalue weighted by Crippen LogP contribution is 2.27. The third-order valence-corrected chi connectivity index (χ3v) is 3.72. The highest BCUT2D eigenvalue weighted by atomic mass is 32.1. The number of benzene rings is 1. The summed E-state index contributed by atoms with van der Waals surface area (Å²) < 4.78 is 13.8. The summed E-state index contributed by atoms with van der Waals surface area (Å²) in [6, 6.07) is 5.60. The third kappa shape index (κ3) is 2.57. The van der Waals surface area contributed by atoms with E-state index in [1.54, 1.807) is 6.07 Å². The van der Waals surface area contributed by atoms with Crippen LogP contribution in [-0.2, 0) is 0 Å². The molecule has 0 bridgehead atoms. The summed E-state index contributed by atoms with van der Waals surface area (Å²) in [5.41, 5.74) is 6.66. The van der Waals surface area contributed by atoms with Gasteiger partial charge < -0.3 is 10.6 Å². The SMILES string of the molecule is CN(c1ccc(C(N)=S)c(F)c1)C1CCCC1. The fraction of sp³-hybridized carbons (Fsp3) is 0.462. The molecule has 0 radical (unpaired) electrons. The van der Waals surface area contributed by atoms with Crippen molar-refractivity contribution in [3.63, 3.8) is 0 Å². The van der Waals surface area contributed by atoms with Crippen LogP contribution in [0.5, 0.6) is 0 Å². The van der Waals surface area contributed by atoms with Gasteiger partial charge in [0.2, 0.25) is 0 Å². The van der Waals surface area contributed by atoms with E-state index >= 15 is 0 Å². The number of rotatable bonds is 3. The third-order valence-electron chi connectivity index (χ3n) is 3.50. The Morgan fingerprint density at radius 1 is 1.41 bits per heavy atom. The van der Waals surface area contributed by atoms with Gasteiger partial charge in [0.15, 0.2) is 0 Å². The highest BCUT2D eigenvalue weighted by Gasteiger charge is 2.20. The Kier molecular flexibility index (Phi) is 3.62. The molecule has 92 valence electrons. The molecule has 1 fully saturated rings. The summed E-state index contributed by atoms with van der Waals surface area (Å²) in [7, 11) is 2.02. The lowest BCUT2D eigenvalue weighted by Gasteiger charge is -2.26. The lowest BCUT2D eigenvalue weighted by Crippen LogP contribution is -2.29. The molecule has 0 atom stereocenters. The Balaban J connectivity index is 2.21. The van der Waals surface area contributed by atoms with Crippen LogP contribution in [0.1, 0.15) is 31.2 Å². The van der Waals surface area contributed by atoms with Crippen molar-refractivity contribution < 1.29 is 4.39 Å². The van der Waals surface area contributed by atoms with Gasteiger partial charge in [0.25, 0.3) is 0 Å². The van der Waals surface area contributed by atoms with E-state index in [0.717, 1.165) is 5.69 Å². The van der Waals surface area contributed by atoms with E-state index in [4.69, 9.17) is 18.0 Å². The molecular formula is C13H17FN2S. The monoisotopic (exact) mass is 252 g/mol. The van der Waals surface area contributed by atoms with Crippen molar-refractivity contribution in [2.75, 3.05) is 11.9 Å². The molecule has 0 amide bonds. The zero-order chi connectivity index (χ0) is 12.4. The Bertz CT molecular complexity index is 427. The maximum atomic E-state index is 13.8. The molecule has 0 heterocycles. The van der Waals surface area contributed by atoms with E-state index < -0.39 is 0 Å². The molecule has 4 heteroatoms. The van der Waals surface area contributed by atoms with Crippen LogP contribution < -0.4 is 10.6 Å². The maximum absolute atomic E-state index is 13.8. The topological polar surface area (TPSA) is 29.3 Å². The van der Waals surface area contributed by atoms with Crippen LogP contribution in [0.4, 0.5) is 10.1 Å². The number of hydrogen-bond acceptors (Lipinski definition) is 2. The normalized spacial score (nSPS) is 16.1. The Morgan fingerprint density at radius 2 is 2.06 bits per heavy atom. The minimum atomic E-state index is -0.333. The molecule has 1 aromatic rings. The van der Waals surface area contributed by atoms with Crippen LogP contribution in [0.25, 0.3) is 0 Å². The highest BCUT2D eigenvalue weighted by molar-refractivity contribution is 7.80. The predicted molar refractivity (Wildman–Crippen MR) is 72.9 cm³/mol. The van der Waals surface area contributed by atoms with Crippen molar-refractivity contribution in [2.45, 2.75) is 31.7 Å². The predicted octanol–water partition coefficient (Wildman–Crippen LogP) is 2.84. The fourth-order valence-electron chi connectivity index (χ4n) is 2.43. The second-order valence-corrected chi connectivity index (χ2v) is 5.02. The van der Waals surface area contributed by atoms with Gasteiger partial charge in [-0.05, 0) is 31.0 Å². The van der Waals surface area contributed by atoms with Gasteiger partial charge in [-0.3, -0.25) is 0 Å². The molecule has 2 N–H and O–H groups in total. The molecule has 1 aliphatic rings. The first-order valence-corrected chi connectivity index (χ1v) is 6.32. The number of nitrogens with zero attached hydrogens (tertiary/aromatic N) is 1. The van der Waals surface area contributed by atoms with E-state index in [2.05, 4.69) is 4.90 Å². The lowest BCUT2D eigenvalue weighted by atomic mass is 10.1. The summed E-state index contributed by atoms with van der Waals surface area (Å²) in [6.07, 6.45) is 4.91. The smallest absolute Gasteiger partial charge is 0.135 e. The van der Waals surface area contributed by atoms with Crippen molar-refractivity contribution >= 4 is 22.9 Å². The Morgan fingerprint density at radius 3 is 2.59 bits per heavy atom. The second-order valence-electron chi connectivity index (χ2n) is 4.58. The maximum Gasteiger partial charge on any atom is 0.135 e. The summed E-state index contributed by atoms with van der Waals surface area (Å²) in [4.78, 5) is 2.26. The average molecular weight is 252 g/mol. The zero-order valence-corrected chi connectivity index (χ0v) is 10.8. The van der Waals surface area contributed by atoms with E-state index in [-0.39, 0.29) is 10.8 Å². The van der Waals surface area contributed by atoms with E-state index in [0.29, 0.717) is 11.6 Å². The molecule has 1 aliphatic carbocycles. The van der Waals surface area contributed by atoms with Crippen LogP contribution in [-0.4, -0.2) is 18.1 Å². The number of halogens is 1. The zero-order valence-electron chi connectivity index (χ0n) is 9.95. The second kappa shape index (κ2) is 5.00. The van der Waals surface area contributed by atoms with E-state index in [1.807, 2.05) is 13.1 Å². The molecular weight excluding hydrogens is 235 g/mol. The van der Waals surface area contributed by atoms with Crippen molar-refractivity contribution in [1.82, 2.24) is 0 Å². The van der Waals surface area contributed by atoms with Crippen LogP contribution in [0.3, 0.4) is 0 Å². The van der Waals surface area contributed by atoms with Gasteiger partial charge in [0, 0.05) is 24.3 Å². The first kappa shape index (κ1) is 12.3. The molecule has 2 rings (SSSR count). The van der Waals surface area contributed by atoms with Crippen LogP contribution in [0.15, 0.2) is 18.2 Å². The first-order valence-electron chi connectivity index (χ1n) is 5.92. The molecule has 17 heavy (non-hydrogen) atoms. The quantitative estimate of drug-likeness (QED) is 0.839. The summed E-state index contributed by atoms with van der Waals surface area (Å²) in [5.74, 6) is -0.333. The van der Waals surface area contributed by atoms with Gasteiger partial charge in [0.05, 0.1) is 0 Å². The summed E-state index contributed by atoms with van der Waals surface area (Å²) >= 11 is 4.79. The van der Waals surface area contributed by atoms with Crippen molar-refractivity contribution in [1.29, 1.82) is 0 Å². The number of nitrogens with two attached hydrogens (primary N) is 1. The number of hydrogen-bond donors (Lipinski definition) is 1. The lowest BCUT2D eigenvalue weighted by molar-refractivity contribution is 0.618. The van der Waals surface area contributed by atoms with Gasteiger partial charge >= 0.3 is 0 Å². The Hall–Kier alpha value is -1.16. The van der Waals surface area contributed by atoms with Gasteiger partial charge in [-0.25, -0.2) is 4.39 Å². The van der Waals surface area contributed by atoms with Crippen molar-refractivity contribution in [3.05, 3.63) is 29.6 Å². The standard InChI is InChI=1S/C13H17FN2S/c1-16(9-4-2-3-5-9)10-6-7-11(13(15)17)12(14)8-10/h6-9H,2-5H2,1H3,(H2,15,17). The fourth-order valence-corrected chi connectivity index (χ4v) is 2.59. The minimum Gasteiger partial charge on any atom is -0.389 e. The van der Waals surface area contributed by atoms with Crippen LogP contribution in [0.2, 0.25) is 0 Å². The summed E-state index contributed by atoms with van der Waals surface area (Å²) in [5, 5.41) is 0. The summed E-state index contributed by atoms with van der Waals surface area (Å²) in [6.45, 7) is 0. The van der Waals surface area contributed by atoms with Gasteiger partial charge in [0.1, 0.15) is 10.8 Å². The average Bonchev–Trinajstić information content (AvgIpc) is 2.80. The van der Waals surface area contributed by atoms with Crippen LogP contribution in [0, 0.1) is 5.82 Å². The molecule has 2 nitrogen and oxygen atoms in total. The first-order chi connectivity index (χ1) is 8.09. The molecule has 1 saturated carbocycles. The van der Waals surface area contributed by atoms with Gasteiger partial charge in [-0.1, -0.05) is 25.1 Å². The van der Waals surface area contributed by atoms with Gasteiger partial charge in [-0.15, -0.1) is 0 Å². The van der Waals surface area contributed by atoms with Crippen molar-refractivity contribution in [3.8, 4) is 0 Å². The van der Waals surface area contributed by atoms with Gasteiger partial charge in [-0.2, -0.15) is 0 Å². The molecule has 0 aliphatic heterocycles. The molecule has 0 spiro atoms. The van der Waals surface area contributed by atoms with Crippen molar-refractivity contribution in [2.24, 2.45) is 5.73 Å².